The largest absolute Gasteiger partial charge is 0.366 e. The lowest BCUT2D eigenvalue weighted by Gasteiger charge is -2.32. The van der Waals surface area contributed by atoms with Gasteiger partial charge in [0.25, 0.3) is 5.69 Å². The fourth-order valence-corrected chi connectivity index (χ4v) is 3.57. The molecule has 1 amide bonds. The molecule has 3 rings (SSSR count). The molecule has 2 aromatic carbocycles. The third-order valence-electron chi connectivity index (χ3n) is 5.24. The van der Waals surface area contributed by atoms with Crippen LogP contribution in [0.3, 0.4) is 0 Å². The molecule has 1 fully saturated rings. The summed E-state index contributed by atoms with van der Waals surface area (Å²) in [4.78, 5) is 25.4. The Morgan fingerprint density at radius 1 is 1.15 bits per heavy atom. The lowest BCUT2D eigenvalue weighted by Crippen LogP contribution is -2.41. The van der Waals surface area contributed by atoms with Crippen molar-refractivity contribution in [3.63, 3.8) is 0 Å². The minimum atomic E-state index is -0.348. The number of hydrogen-bond acceptors (Lipinski definition) is 4. The Hall–Kier alpha value is -2.89. The van der Waals surface area contributed by atoms with Gasteiger partial charge in [-0.05, 0) is 30.4 Å². The van der Waals surface area contributed by atoms with E-state index in [0.717, 1.165) is 0 Å². The molecular formula is C21H25N3O3. The standard InChI is InChI=1S/C21H25N3O3/c1-16(17-7-3-2-4-8-17)15-22-21(25)18-11-13-23(14-12-18)19-9-5-6-10-20(19)24(26)27/h2-10,16,18H,11-15H2,1H3,(H,22,25)/t16-/m1/s1. The van der Waals surface area contributed by atoms with Crippen LogP contribution in [0.5, 0.6) is 0 Å². The minimum Gasteiger partial charge on any atom is -0.366 e. The number of nitrogens with one attached hydrogen (secondary N) is 1. The quantitative estimate of drug-likeness (QED) is 0.623. The molecule has 1 aliphatic rings. The van der Waals surface area contributed by atoms with E-state index < -0.39 is 0 Å². The van der Waals surface area contributed by atoms with Gasteiger partial charge in [0, 0.05) is 31.6 Å². The van der Waals surface area contributed by atoms with Gasteiger partial charge in [0.2, 0.25) is 5.91 Å². The van der Waals surface area contributed by atoms with E-state index in [1.54, 1.807) is 12.1 Å². The first-order valence-electron chi connectivity index (χ1n) is 9.37. The first-order chi connectivity index (χ1) is 13.1. The molecule has 6 nitrogen and oxygen atoms in total. The van der Waals surface area contributed by atoms with Gasteiger partial charge in [-0.15, -0.1) is 0 Å². The van der Waals surface area contributed by atoms with Gasteiger partial charge in [-0.2, -0.15) is 0 Å². The molecule has 2 aromatic rings. The van der Waals surface area contributed by atoms with Gasteiger partial charge < -0.3 is 10.2 Å². The Bertz CT molecular complexity index is 786. The van der Waals surface area contributed by atoms with E-state index in [9.17, 15) is 14.9 Å². The molecule has 142 valence electrons. The minimum absolute atomic E-state index is 0.0352. The van der Waals surface area contributed by atoms with Gasteiger partial charge >= 0.3 is 0 Å². The molecule has 0 saturated carbocycles. The Morgan fingerprint density at radius 2 is 1.78 bits per heavy atom. The van der Waals surface area contributed by atoms with Crippen LogP contribution in [0.1, 0.15) is 31.2 Å². The van der Waals surface area contributed by atoms with Crippen molar-refractivity contribution < 1.29 is 9.72 Å². The number of nitro benzene ring substituents is 1. The number of carbonyl (C=O) groups is 1. The van der Waals surface area contributed by atoms with Gasteiger partial charge in [0.05, 0.1) is 4.92 Å². The van der Waals surface area contributed by atoms with Crippen molar-refractivity contribution in [2.24, 2.45) is 5.92 Å². The van der Waals surface area contributed by atoms with Crippen molar-refractivity contribution in [1.29, 1.82) is 0 Å². The van der Waals surface area contributed by atoms with Gasteiger partial charge in [0.15, 0.2) is 0 Å². The van der Waals surface area contributed by atoms with Gasteiger partial charge in [-0.25, -0.2) is 0 Å². The molecule has 1 N–H and O–H groups in total. The van der Waals surface area contributed by atoms with E-state index in [0.29, 0.717) is 38.2 Å². The monoisotopic (exact) mass is 367 g/mol. The van der Waals surface area contributed by atoms with Crippen LogP contribution in [0.4, 0.5) is 11.4 Å². The highest BCUT2D eigenvalue weighted by Crippen LogP contribution is 2.31. The molecule has 27 heavy (non-hydrogen) atoms. The molecule has 0 aromatic heterocycles. The molecule has 1 atom stereocenters. The smallest absolute Gasteiger partial charge is 0.292 e. The fraction of sp³-hybridized carbons (Fsp3) is 0.381. The van der Waals surface area contributed by atoms with Crippen LogP contribution in [0.15, 0.2) is 54.6 Å². The van der Waals surface area contributed by atoms with Crippen LogP contribution in [-0.2, 0) is 4.79 Å². The van der Waals surface area contributed by atoms with E-state index in [-0.39, 0.29) is 28.4 Å². The van der Waals surface area contributed by atoms with Crippen molar-refractivity contribution in [3.05, 3.63) is 70.3 Å². The second-order valence-electron chi connectivity index (χ2n) is 7.06. The number of amides is 1. The van der Waals surface area contributed by atoms with Gasteiger partial charge in [0.1, 0.15) is 5.69 Å². The van der Waals surface area contributed by atoms with Crippen LogP contribution in [0, 0.1) is 16.0 Å². The number of hydrogen-bond donors (Lipinski definition) is 1. The highest BCUT2D eigenvalue weighted by Gasteiger charge is 2.28. The summed E-state index contributed by atoms with van der Waals surface area (Å²) in [5.74, 6) is 0.314. The third-order valence-corrected chi connectivity index (χ3v) is 5.24. The number of nitrogens with zero attached hydrogens (tertiary/aromatic N) is 2. The Labute approximate surface area is 159 Å². The summed E-state index contributed by atoms with van der Waals surface area (Å²) in [5.41, 5.74) is 1.97. The van der Waals surface area contributed by atoms with Crippen LogP contribution in [0.25, 0.3) is 0 Å². The van der Waals surface area contributed by atoms with Crippen LogP contribution in [-0.4, -0.2) is 30.5 Å². The number of para-hydroxylation sites is 2. The molecule has 1 heterocycles. The van der Waals surface area contributed by atoms with Crippen molar-refractivity contribution in [1.82, 2.24) is 5.32 Å². The number of piperidine rings is 1. The second kappa shape index (κ2) is 8.66. The zero-order chi connectivity index (χ0) is 19.2. The lowest BCUT2D eigenvalue weighted by molar-refractivity contribution is -0.384. The number of anilines is 1. The van der Waals surface area contributed by atoms with Crippen LogP contribution in [0.2, 0.25) is 0 Å². The zero-order valence-corrected chi connectivity index (χ0v) is 15.5. The SMILES string of the molecule is C[C@H](CNC(=O)C1CCN(c2ccccc2[N+](=O)[O-])CC1)c1ccccc1. The van der Waals surface area contributed by atoms with E-state index in [2.05, 4.69) is 24.4 Å². The molecular weight excluding hydrogens is 342 g/mol. The summed E-state index contributed by atoms with van der Waals surface area (Å²) in [6.07, 6.45) is 1.41. The third kappa shape index (κ3) is 4.64. The molecule has 6 heteroatoms. The second-order valence-corrected chi connectivity index (χ2v) is 7.06. The summed E-state index contributed by atoms with van der Waals surface area (Å²) >= 11 is 0. The van der Waals surface area contributed by atoms with Gasteiger partial charge in [-0.3, -0.25) is 14.9 Å². The molecule has 0 spiro atoms. The number of benzene rings is 2. The summed E-state index contributed by atoms with van der Waals surface area (Å²) in [7, 11) is 0. The topological polar surface area (TPSA) is 75.5 Å². The Balaban J connectivity index is 1.52. The average molecular weight is 367 g/mol. The number of carbonyl (C=O) groups excluding carboxylic acids is 1. The maximum atomic E-state index is 12.5. The Morgan fingerprint density at radius 3 is 2.44 bits per heavy atom. The Kier molecular flexibility index (Phi) is 6.06. The number of rotatable bonds is 6. The van der Waals surface area contributed by atoms with E-state index >= 15 is 0 Å². The molecule has 1 aliphatic heterocycles. The highest BCUT2D eigenvalue weighted by atomic mass is 16.6. The summed E-state index contributed by atoms with van der Waals surface area (Å²) in [5, 5.41) is 14.3. The predicted molar refractivity (Wildman–Crippen MR) is 106 cm³/mol. The maximum absolute atomic E-state index is 12.5. The van der Waals surface area contributed by atoms with E-state index in [1.165, 1.54) is 11.6 Å². The van der Waals surface area contributed by atoms with Crippen molar-refractivity contribution in [2.75, 3.05) is 24.5 Å². The fourth-order valence-electron chi connectivity index (χ4n) is 3.57. The molecule has 0 bridgehead atoms. The first kappa shape index (κ1) is 18.9. The average Bonchev–Trinajstić information content (AvgIpc) is 2.72. The van der Waals surface area contributed by atoms with Crippen molar-refractivity contribution in [3.8, 4) is 0 Å². The maximum Gasteiger partial charge on any atom is 0.292 e. The molecule has 0 aliphatic carbocycles. The molecule has 0 radical (unpaired) electrons. The summed E-state index contributed by atoms with van der Waals surface area (Å²) in [6.45, 7) is 4.02. The predicted octanol–water partition coefficient (Wildman–Crippen LogP) is 3.73. The van der Waals surface area contributed by atoms with E-state index in [4.69, 9.17) is 0 Å². The van der Waals surface area contributed by atoms with Crippen molar-refractivity contribution >= 4 is 17.3 Å². The zero-order valence-electron chi connectivity index (χ0n) is 15.5. The molecule has 0 unspecified atom stereocenters. The number of nitro groups is 1. The van der Waals surface area contributed by atoms with Gasteiger partial charge in [-0.1, -0.05) is 49.4 Å². The van der Waals surface area contributed by atoms with Crippen molar-refractivity contribution in [2.45, 2.75) is 25.7 Å². The highest BCUT2D eigenvalue weighted by molar-refractivity contribution is 5.79. The summed E-state index contributed by atoms with van der Waals surface area (Å²) in [6, 6.07) is 16.9. The van der Waals surface area contributed by atoms with E-state index in [1.807, 2.05) is 29.2 Å². The lowest BCUT2D eigenvalue weighted by atomic mass is 9.94. The first-order valence-corrected chi connectivity index (χ1v) is 9.37. The van der Waals surface area contributed by atoms with Crippen LogP contribution < -0.4 is 10.2 Å². The van der Waals surface area contributed by atoms with Crippen LogP contribution >= 0.6 is 0 Å². The summed E-state index contributed by atoms with van der Waals surface area (Å²) < 4.78 is 0. The normalized spacial score (nSPS) is 16.0. The molecule has 1 saturated heterocycles.